The van der Waals surface area contributed by atoms with E-state index in [4.69, 9.17) is 11.6 Å². The topological polar surface area (TPSA) is 58.2 Å². The SMILES string of the molecule is CCC.CCC(NC(=O)c1ccccc1)C(=O)Nc1cc(Cl)ccc1C. The van der Waals surface area contributed by atoms with Crippen molar-refractivity contribution in [1.29, 1.82) is 0 Å². The maximum atomic E-state index is 12.4. The van der Waals surface area contributed by atoms with E-state index >= 15 is 0 Å². The highest BCUT2D eigenvalue weighted by Crippen LogP contribution is 2.20. The number of hydrogen-bond acceptors (Lipinski definition) is 2. The summed E-state index contributed by atoms with van der Waals surface area (Å²) < 4.78 is 0. The average Bonchev–Trinajstić information content (AvgIpc) is 2.63. The number of nitrogens with one attached hydrogen (secondary N) is 2. The normalized spacial score (nSPS) is 11.0. The molecule has 2 aromatic carbocycles. The van der Waals surface area contributed by atoms with Gasteiger partial charge in [0.2, 0.25) is 5.91 Å². The molecular weight excluding hydrogens is 348 g/mol. The monoisotopic (exact) mass is 374 g/mol. The third kappa shape index (κ3) is 6.89. The molecule has 0 saturated heterocycles. The quantitative estimate of drug-likeness (QED) is 0.754. The van der Waals surface area contributed by atoms with Gasteiger partial charge in [0.05, 0.1) is 0 Å². The first-order chi connectivity index (χ1) is 12.4. The van der Waals surface area contributed by atoms with E-state index in [2.05, 4.69) is 24.5 Å². The van der Waals surface area contributed by atoms with E-state index in [9.17, 15) is 9.59 Å². The fourth-order valence-corrected chi connectivity index (χ4v) is 2.30. The van der Waals surface area contributed by atoms with E-state index in [1.54, 1.807) is 36.4 Å². The zero-order chi connectivity index (χ0) is 19.5. The third-order valence-electron chi connectivity index (χ3n) is 3.52. The minimum atomic E-state index is -0.610. The Morgan fingerprint density at radius 1 is 1.04 bits per heavy atom. The predicted molar refractivity (Wildman–Crippen MR) is 109 cm³/mol. The van der Waals surface area contributed by atoms with Gasteiger partial charge in [-0.2, -0.15) is 0 Å². The van der Waals surface area contributed by atoms with Crippen molar-refractivity contribution in [3.05, 3.63) is 64.7 Å². The molecule has 0 aliphatic rings. The summed E-state index contributed by atoms with van der Waals surface area (Å²) in [5, 5.41) is 6.12. The lowest BCUT2D eigenvalue weighted by atomic mass is 10.1. The van der Waals surface area contributed by atoms with Crippen LogP contribution in [0.3, 0.4) is 0 Å². The molecule has 1 unspecified atom stereocenters. The van der Waals surface area contributed by atoms with Crippen molar-refractivity contribution in [2.45, 2.75) is 46.6 Å². The molecule has 0 aromatic heterocycles. The Labute approximate surface area is 161 Å². The molecule has 1 atom stereocenters. The molecule has 2 aromatic rings. The van der Waals surface area contributed by atoms with Crippen LogP contribution in [0.15, 0.2) is 48.5 Å². The van der Waals surface area contributed by atoms with Gasteiger partial charge >= 0.3 is 0 Å². The van der Waals surface area contributed by atoms with Gasteiger partial charge in [-0.15, -0.1) is 0 Å². The highest BCUT2D eigenvalue weighted by atomic mass is 35.5. The van der Waals surface area contributed by atoms with Gasteiger partial charge in [0.1, 0.15) is 6.04 Å². The zero-order valence-corrected chi connectivity index (χ0v) is 16.6. The number of benzene rings is 2. The number of aryl methyl sites for hydroxylation is 1. The third-order valence-corrected chi connectivity index (χ3v) is 3.76. The lowest BCUT2D eigenvalue weighted by molar-refractivity contribution is -0.118. The van der Waals surface area contributed by atoms with E-state index in [0.717, 1.165) is 5.56 Å². The number of hydrogen-bond donors (Lipinski definition) is 2. The molecular formula is C21H27ClN2O2. The van der Waals surface area contributed by atoms with Gasteiger partial charge in [-0.05, 0) is 43.2 Å². The van der Waals surface area contributed by atoms with E-state index in [0.29, 0.717) is 22.7 Å². The molecule has 0 fully saturated rings. The fraction of sp³-hybridized carbons (Fsp3) is 0.333. The largest absolute Gasteiger partial charge is 0.340 e. The zero-order valence-electron chi connectivity index (χ0n) is 15.8. The predicted octanol–water partition coefficient (Wildman–Crippen LogP) is 5.21. The van der Waals surface area contributed by atoms with Crippen LogP contribution < -0.4 is 10.6 Å². The first-order valence-electron chi connectivity index (χ1n) is 8.85. The molecule has 26 heavy (non-hydrogen) atoms. The molecule has 0 aliphatic heterocycles. The number of amides is 2. The molecule has 0 heterocycles. The molecule has 5 heteroatoms. The minimum Gasteiger partial charge on any atom is -0.340 e. The number of halogens is 1. The Morgan fingerprint density at radius 3 is 2.23 bits per heavy atom. The first-order valence-corrected chi connectivity index (χ1v) is 9.23. The Kier molecular flexibility index (Phi) is 9.45. The lowest BCUT2D eigenvalue weighted by Gasteiger charge is -2.18. The van der Waals surface area contributed by atoms with E-state index in [-0.39, 0.29) is 11.8 Å². The van der Waals surface area contributed by atoms with Crippen molar-refractivity contribution in [1.82, 2.24) is 5.32 Å². The van der Waals surface area contributed by atoms with Crippen LogP contribution in [-0.4, -0.2) is 17.9 Å². The van der Waals surface area contributed by atoms with Crippen molar-refractivity contribution < 1.29 is 9.59 Å². The summed E-state index contributed by atoms with van der Waals surface area (Å²) in [6.45, 7) is 7.98. The fourth-order valence-electron chi connectivity index (χ4n) is 2.13. The Balaban J connectivity index is 0.00000105. The number of carbonyl (C=O) groups is 2. The summed E-state index contributed by atoms with van der Waals surface area (Å²) in [6, 6.07) is 13.5. The highest BCUT2D eigenvalue weighted by molar-refractivity contribution is 6.31. The minimum absolute atomic E-state index is 0.262. The van der Waals surface area contributed by atoms with E-state index in [1.807, 2.05) is 26.0 Å². The molecule has 140 valence electrons. The molecule has 0 radical (unpaired) electrons. The van der Waals surface area contributed by atoms with Crippen LogP contribution in [0, 0.1) is 6.92 Å². The van der Waals surface area contributed by atoms with Gasteiger partial charge in [-0.25, -0.2) is 0 Å². The molecule has 4 nitrogen and oxygen atoms in total. The van der Waals surface area contributed by atoms with Crippen LogP contribution in [-0.2, 0) is 4.79 Å². The summed E-state index contributed by atoms with van der Waals surface area (Å²) in [7, 11) is 0. The molecule has 2 amide bonds. The summed E-state index contributed by atoms with van der Waals surface area (Å²) in [6.07, 6.45) is 1.74. The average molecular weight is 375 g/mol. The van der Waals surface area contributed by atoms with Crippen molar-refractivity contribution >= 4 is 29.1 Å². The second-order valence-corrected chi connectivity index (χ2v) is 6.39. The van der Waals surface area contributed by atoms with Gasteiger partial charge < -0.3 is 10.6 Å². The van der Waals surface area contributed by atoms with Gasteiger partial charge in [-0.3, -0.25) is 9.59 Å². The summed E-state index contributed by atoms with van der Waals surface area (Å²) in [4.78, 5) is 24.6. The first kappa shape index (κ1) is 21.7. The van der Waals surface area contributed by atoms with Crippen LogP contribution in [0.2, 0.25) is 5.02 Å². The van der Waals surface area contributed by atoms with Crippen LogP contribution in [0.1, 0.15) is 49.5 Å². The number of rotatable bonds is 5. The molecule has 0 spiro atoms. The van der Waals surface area contributed by atoms with Gasteiger partial charge in [-0.1, -0.05) is 63.1 Å². The summed E-state index contributed by atoms with van der Waals surface area (Å²) in [5.41, 5.74) is 2.08. The molecule has 2 rings (SSSR count). The summed E-state index contributed by atoms with van der Waals surface area (Å²) in [5.74, 6) is -0.530. The molecule has 2 N–H and O–H groups in total. The molecule has 0 saturated carbocycles. The van der Waals surface area contributed by atoms with Crippen LogP contribution in [0.25, 0.3) is 0 Å². The van der Waals surface area contributed by atoms with E-state index in [1.165, 1.54) is 6.42 Å². The second kappa shape index (κ2) is 11.3. The molecule has 0 aliphatic carbocycles. The standard InChI is InChI=1S/C18H19ClN2O2.C3H8/c1-3-15(20-17(22)13-7-5-4-6-8-13)18(23)21-16-11-14(19)10-9-12(16)2;1-3-2/h4-11,15H,3H2,1-2H3,(H,20,22)(H,21,23);3H2,1-2H3. The second-order valence-electron chi connectivity index (χ2n) is 5.96. The maximum absolute atomic E-state index is 12.4. The van der Waals surface area contributed by atoms with Crippen LogP contribution in [0.5, 0.6) is 0 Å². The Hall–Kier alpha value is -2.33. The Morgan fingerprint density at radius 2 is 1.65 bits per heavy atom. The van der Waals surface area contributed by atoms with Crippen LogP contribution >= 0.6 is 11.6 Å². The van der Waals surface area contributed by atoms with Crippen molar-refractivity contribution in [2.24, 2.45) is 0 Å². The van der Waals surface area contributed by atoms with Gasteiger partial charge in [0, 0.05) is 16.3 Å². The van der Waals surface area contributed by atoms with Gasteiger partial charge in [0.15, 0.2) is 0 Å². The smallest absolute Gasteiger partial charge is 0.251 e. The number of anilines is 1. The lowest BCUT2D eigenvalue weighted by Crippen LogP contribution is -2.43. The van der Waals surface area contributed by atoms with Gasteiger partial charge in [0.25, 0.3) is 5.91 Å². The Bertz CT molecular complexity index is 717. The van der Waals surface area contributed by atoms with Crippen molar-refractivity contribution in [3.63, 3.8) is 0 Å². The summed E-state index contributed by atoms with van der Waals surface area (Å²) >= 11 is 5.96. The van der Waals surface area contributed by atoms with Crippen molar-refractivity contribution in [2.75, 3.05) is 5.32 Å². The maximum Gasteiger partial charge on any atom is 0.251 e. The highest BCUT2D eigenvalue weighted by Gasteiger charge is 2.20. The molecule has 0 bridgehead atoms. The van der Waals surface area contributed by atoms with Crippen molar-refractivity contribution in [3.8, 4) is 0 Å². The number of carbonyl (C=O) groups excluding carboxylic acids is 2. The van der Waals surface area contributed by atoms with Crippen LogP contribution in [0.4, 0.5) is 5.69 Å². The van der Waals surface area contributed by atoms with E-state index < -0.39 is 6.04 Å².